The summed E-state index contributed by atoms with van der Waals surface area (Å²) in [6.45, 7) is 4.79. The normalized spacial score (nSPS) is 16.8. The molecule has 0 unspecified atom stereocenters. The minimum absolute atomic E-state index is 0.0209. The summed E-state index contributed by atoms with van der Waals surface area (Å²) in [5, 5.41) is 2.85. The summed E-state index contributed by atoms with van der Waals surface area (Å²) in [5.74, 6) is -0.353. The molecule has 4 rings (SSSR count). The summed E-state index contributed by atoms with van der Waals surface area (Å²) in [4.78, 5) is 45.6. The van der Waals surface area contributed by atoms with Crippen molar-refractivity contribution in [3.8, 4) is 0 Å². The number of aryl methyl sites for hydroxylation is 1. The number of amides is 4. The molecule has 0 aliphatic carbocycles. The average molecular weight is 422 g/mol. The van der Waals surface area contributed by atoms with Gasteiger partial charge < -0.3 is 15.1 Å². The van der Waals surface area contributed by atoms with Gasteiger partial charge >= 0.3 is 6.03 Å². The number of urea groups is 1. The Balaban J connectivity index is 1.52. The van der Waals surface area contributed by atoms with Crippen molar-refractivity contribution < 1.29 is 14.4 Å². The Morgan fingerprint density at radius 3 is 2.26 bits per heavy atom. The maximum atomic E-state index is 13.0. The smallest absolute Gasteiger partial charge is 0.326 e. The van der Waals surface area contributed by atoms with Crippen molar-refractivity contribution in [1.82, 2.24) is 9.80 Å². The second-order valence-corrected chi connectivity index (χ2v) is 8.03. The molecular formula is C23H27N5O3. The van der Waals surface area contributed by atoms with Gasteiger partial charge in [-0.25, -0.2) is 4.79 Å². The zero-order valence-electron chi connectivity index (χ0n) is 17.9. The number of nitrogens with zero attached hydrogens (tertiary/aromatic N) is 4. The Morgan fingerprint density at radius 2 is 1.58 bits per heavy atom. The zero-order chi connectivity index (χ0) is 22.0. The van der Waals surface area contributed by atoms with E-state index in [0.29, 0.717) is 30.2 Å². The van der Waals surface area contributed by atoms with Gasteiger partial charge in [-0.2, -0.15) is 0 Å². The molecule has 1 N–H and O–H groups in total. The Morgan fingerprint density at radius 1 is 0.935 bits per heavy atom. The standard InChI is InChI=1S/C23H27N5O3/c1-17-7-9-18(10-8-17)24-23(31)28-16-22(30)27(19-5-3-4-6-20(19)28)15-21(29)26-13-11-25(2)12-14-26/h3-10H,11-16H2,1-2H3,(H,24,31). The third-order valence-electron chi connectivity index (χ3n) is 5.76. The summed E-state index contributed by atoms with van der Waals surface area (Å²) in [7, 11) is 2.03. The van der Waals surface area contributed by atoms with Crippen LogP contribution in [0.2, 0.25) is 0 Å². The molecule has 2 aromatic rings. The van der Waals surface area contributed by atoms with Crippen LogP contribution in [0, 0.1) is 6.92 Å². The highest BCUT2D eigenvalue weighted by molar-refractivity contribution is 6.15. The summed E-state index contributed by atoms with van der Waals surface area (Å²) in [6.07, 6.45) is 0. The summed E-state index contributed by atoms with van der Waals surface area (Å²) in [6, 6.07) is 14.3. The van der Waals surface area contributed by atoms with Crippen molar-refractivity contribution >= 4 is 34.9 Å². The first-order chi connectivity index (χ1) is 14.9. The molecule has 8 heteroatoms. The van der Waals surface area contributed by atoms with Gasteiger partial charge in [0.1, 0.15) is 13.1 Å². The van der Waals surface area contributed by atoms with Crippen molar-refractivity contribution in [1.29, 1.82) is 0 Å². The van der Waals surface area contributed by atoms with Crippen LogP contribution in [0.15, 0.2) is 48.5 Å². The molecule has 2 aromatic carbocycles. The van der Waals surface area contributed by atoms with Crippen LogP contribution in [0.5, 0.6) is 0 Å². The van der Waals surface area contributed by atoms with Gasteiger partial charge in [-0.3, -0.25) is 19.4 Å². The van der Waals surface area contributed by atoms with Crippen LogP contribution >= 0.6 is 0 Å². The van der Waals surface area contributed by atoms with E-state index in [-0.39, 0.29) is 30.9 Å². The summed E-state index contributed by atoms with van der Waals surface area (Å²) < 4.78 is 0. The molecule has 0 spiro atoms. The van der Waals surface area contributed by atoms with Crippen LogP contribution in [0.25, 0.3) is 0 Å². The molecule has 0 radical (unpaired) electrons. The van der Waals surface area contributed by atoms with Crippen LogP contribution in [0.3, 0.4) is 0 Å². The van der Waals surface area contributed by atoms with E-state index in [2.05, 4.69) is 10.2 Å². The number of anilines is 3. The minimum Gasteiger partial charge on any atom is -0.339 e. The molecule has 2 aliphatic rings. The first kappa shape index (κ1) is 20.9. The fourth-order valence-electron chi connectivity index (χ4n) is 3.83. The van der Waals surface area contributed by atoms with Crippen molar-refractivity contribution in [2.24, 2.45) is 0 Å². The van der Waals surface area contributed by atoms with E-state index in [1.165, 1.54) is 9.80 Å². The van der Waals surface area contributed by atoms with Crippen LogP contribution in [-0.2, 0) is 9.59 Å². The maximum absolute atomic E-state index is 13.0. The molecule has 0 aromatic heterocycles. The lowest BCUT2D eigenvalue weighted by Crippen LogP contribution is -2.54. The number of fused-ring (bicyclic) bond motifs is 1. The van der Waals surface area contributed by atoms with Gasteiger partial charge in [0.25, 0.3) is 0 Å². The highest BCUT2D eigenvalue weighted by Crippen LogP contribution is 2.33. The van der Waals surface area contributed by atoms with E-state index < -0.39 is 0 Å². The minimum atomic E-state index is -0.380. The summed E-state index contributed by atoms with van der Waals surface area (Å²) >= 11 is 0. The van der Waals surface area contributed by atoms with Crippen LogP contribution < -0.4 is 15.1 Å². The molecule has 0 atom stereocenters. The number of hydrogen-bond acceptors (Lipinski definition) is 4. The van der Waals surface area contributed by atoms with E-state index in [4.69, 9.17) is 0 Å². The molecule has 1 saturated heterocycles. The van der Waals surface area contributed by atoms with E-state index in [1.54, 1.807) is 23.1 Å². The van der Waals surface area contributed by atoms with Crippen molar-refractivity contribution in [2.45, 2.75) is 6.92 Å². The van der Waals surface area contributed by atoms with Gasteiger partial charge in [0.05, 0.1) is 11.4 Å². The first-order valence-corrected chi connectivity index (χ1v) is 10.4. The Bertz CT molecular complexity index is 983. The third kappa shape index (κ3) is 4.54. The topological polar surface area (TPSA) is 76.2 Å². The third-order valence-corrected chi connectivity index (χ3v) is 5.76. The van der Waals surface area contributed by atoms with Gasteiger partial charge in [-0.1, -0.05) is 29.8 Å². The highest BCUT2D eigenvalue weighted by atomic mass is 16.2. The molecule has 31 heavy (non-hydrogen) atoms. The van der Waals surface area contributed by atoms with E-state index in [1.807, 2.05) is 44.3 Å². The quantitative estimate of drug-likeness (QED) is 0.824. The monoisotopic (exact) mass is 421 g/mol. The summed E-state index contributed by atoms with van der Waals surface area (Å²) in [5.41, 5.74) is 2.93. The highest BCUT2D eigenvalue weighted by Gasteiger charge is 2.34. The molecule has 4 amide bonds. The predicted octanol–water partition coefficient (Wildman–Crippen LogP) is 2.15. The van der Waals surface area contributed by atoms with Crippen molar-refractivity contribution in [3.63, 3.8) is 0 Å². The van der Waals surface area contributed by atoms with E-state index >= 15 is 0 Å². The largest absolute Gasteiger partial charge is 0.339 e. The van der Waals surface area contributed by atoms with Gasteiger partial charge in [-0.15, -0.1) is 0 Å². The lowest BCUT2D eigenvalue weighted by molar-refractivity contribution is -0.132. The molecule has 1 fully saturated rings. The number of piperazine rings is 1. The number of carbonyl (C=O) groups excluding carboxylic acids is 3. The average Bonchev–Trinajstić information content (AvgIpc) is 2.77. The molecule has 0 saturated carbocycles. The Hall–Kier alpha value is -3.39. The molecule has 162 valence electrons. The second kappa shape index (κ2) is 8.77. The number of rotatable bonds is 3. The lowest BCUT2D eigenvalue weighted by Gasteiger charge is -2.38. The number of nitrogens with one attached hydrogen (secondary N) is 1. The number of hydrogen-bond donors (Lipinski definition) is 1. The predicted molar refractivity (Wildman–Crippen MR) is 120 cm³/mol. The number of para-hydroxylation sites is 2. The number of carbonyl (C=O) groups is 3. The van der Waals surface area contributed by atoms with Crippen LogP contribution in [0.4, 0.5) is 21.9 Å². The first-order valence-electron chi connectivity index (χ1n) is 10.4. The van der Waals surface area contributed by atoms with Gasteiger partial charge in [0, 0.05) is 31.9 Å². The SMILES string of the molecule is Cc1ccc(NC(=O)N2CC(=O)N(CC(=O)N3CCN(C)CC3)c3ccccc32)cc1. The van der Waals surface area contributed by atoms with Crippen LogP contribution in [0.1, 0.15) is 5.56 Å². The number of likely N-dealkylation sites (N-methyl/N-ethyl adjacent to an activating group) is 1. The molecule has 2 aliphatic heterocycles. The van der Waals surface area contributed by atoms with Crippen LogP contribution in [-0.4, -0.2) is 74.0 Å². The Labute approximate surface area is 182 Å². The maximum Gasteiger partial charge on any atom is 0.326 e. The number of benzene rings is 2. The van der Waals surface area contributed by atoms with E-state index in [9.17, 15) is 14.4 Å². The van der Waals surface area contributed by atoms with Gasteiger partial charge in [0.15, 0.2) is 0 Å². The fourth-order valence-corrected chi connectivity index (χ4v) is 3.83. The molecule has 2 heterocycles. The van der Waals surface area contributed by atoms with Gasteiger partial charge in [0.2, 0.25) is 11.8 Å². The van der Waals surface area contributed by atoms with E-state index in [0.717, 1.165) is 18.7 Å². The van der Waals surface area contributed by atoms with Crippen molar-refractivity contribution in [2.75, 3.05) is 61.4 Å². The second-order valence-electron chi connectivity index (χ2n) is 8.03. The zero-order valence-corrected chi connectivity index (χ0v) is 17.9. The molecule has 0 bridgehead atoms. The van der Waals surface area contributed by atoms with Gasteiger partial charge in [-0.05, 0) is 38.2 Å². The molecule has 8 nitrogen and oxygen atoms in total. The lowest BCUT2D eigenvalue weighted by atomic mass is 10.1. The Kier molecular flexibility index (Phi) is 5.90. The fraction of sp³-hybridized carbons (Fsp3) is 0.348. The van der Waals surface area contributed by atoms with Crippen molar-refractivity contribution in [3.05, 3.63) is 54.1 Å². The molecular weight excluding hydrogens is 394 g/mol.